The van der Waals surface area contributed by atoms with Crippen molar-refractivity contribution >= 4 is 11.6 Å². The second-order valence-corrected chi connectivity index (χ2v) is 7.21. The molecule has 2 heterocycles. The van der Waals surface area contributed by atoms with E-state index in [0.29, 0.717) is 13.2 Å². The summed E-state index contributed by atoms with van der Waals surface area (Å²) in [5, 5.41) is 2.55. The molecule has 0 radical (unpaired) electrons. The number of quaternary nitrogens is 1. The maximum absolute atomic E-state index is 13.8. The van der Waals surface area contributed by atoms with Gasteiger partial charge in [0.25, 0.3) is 5.91 Å². The van der Waals surface area contributed by atoms with Gasteiger partial charge in [0.2, 0.25) is 0 Å². The lowest BCUT2D eigenvalue weighted by atomic mass is 10.0. The van der Waals surface area contributed by atoms with E-state index in [1.807, 2.05) is 18.2 Å². The summed E-state index contributed by atoms with van der Waals surface area (Å²) in [5.41, 5.74) is 1.11. The zero-order valence-corrected chi connectivity index (χ0v) is 15.5. The molecule has 2 aromatic carbocycles. The fourth-order valence-electron chi connectivity index (χ4n) is 3.91. The van der Waals surface area contributed by atoms with Gasteiger partial charge in [-0.2, -0.15) is 0 Å². The number of hydrogen-bond donors (Lipinski definition) is 2. The van der Waals surface area contributed by atoms with Crippen molar-refractivity contribution in [2.24, 2.45) is 0 Å². The number of carbonyl (C=O) groups excluding carboxylic acids is 1. The van der Waals surface area contributed by atoms with E-state index < -0.39 is 11.6 Å². The van der Waals surface area contributed by atoms with Gasteiger partial charge < -0.3 is 19.7 Å². The van der Waals surface area contributed by atoms with Gasteiger partial charge in [0.05, 0.1) is 25.4 Å². The Kier molecular flexibility index (Phi) is 5.43. The number of amides is 1. The molecule has 2 aromatic rings. The van der Waals surface area contributed by atoms with Gasteiger partial charge in [-0.25, -0.2) is 8.78 Å². The van der Waals surface area contributed by atoms with Crippen molar-refractivity contribution in [1.82, 2.24) is 0 Å². The maximum Gasteiger partial charge on any atom is 0.279 e. The van der Waals surface area contributed by atoms with Crippen molar-refractivity contribution in [1.29, 1.82) is 0 Å². The molecule has 0 saturated carbocycles. The molecule has 0 spiro atoms. The van der Waals surface area contributed by atoms with E-state index in [1.165, 1.54) is 6.07 Å². The second-order valence-electron chi connectivity index (χ2n) is 7.21. The van der Waals surface area contributed by atoms with Crippen LogP contribution in [-0.2, 0) is 4.79 Å². The quantitative estimate of drug-likeness (QED) is 0.845. The average molecular weight is 389 g/mol. The van der Waals surface area contributed by atoms with Gasteiger partial charge in [0.1, 0.15) is 17.7 Å². The van der Waals surface area contributed by atoms with Crippen LogP contribution in [0.25, 0.3) is 0 Å². The standard InChI is InChI=1S/C21H22F2N2O3/c22-15-5-6-17(16(23)12-15)24-21(26)13-25-8-1-3-18(25)14-4-7-19-20(11-14)28-10-2-9-27-19/h4-7,11-12,18H,1-3,8-10,13H2,(H,24,26)/p+1/t18-/m1/s1. The van der Waals surface area contributed by atoms with Gasteiger partial charge in [-0.05, 0) is 30.3 Å². The molecule has 2 N–H and O–H groups in total. The first-order valence-electron chi connectivity index (χ1n) is 9.59. The topological polar surface area (TPSA) is 52.0 Å². The summed E-state index contributed by atoms with van der Waals surface area (Å²) < 4.78 is 38.3. The SMILES string of the molecule is O=C(C[NH+]1CCC[C@@H]1c1ccc2c(c1)OCCCO2)Nc1ccc(F)cc1F. The van der Waals surface area contributed by atoms with Crippen LogP contribution in [-0.4, -0.2) is 32.2 Å². The summed E-state index contributed by atoms with van der Waals surface area (Å²) >= 11 is 0. The van der Waals surface area contributed by atoms with E-state index in [4.69, 9.17) is 9.47 Å². The van der Waals surface area contributed by atoms with Crippen molar-refractivity contribution in [3.8, 4) is 11.5 Å². The highest BCUT2D eigenvalue weighted by Crippen LogP contribution is 2.33. The van der Waals surface area contributed by atoms with Gasteiger partial charge in [-0.1, -0.05) is 0 Å². The molecule has 0 bridgehead atoms. The fraction of sp³-hybridized carbons (Fsp3) is 0.381. The Morgan fingerprint density at radius 2 is 1.89 bits per heavy atom. The number of benzene rings is 2. The average Bonchev–Trinajstić information content (AvgIpc) is 2.99. The number of anilines is 1. The molecule has 5 nitrogen and oxygen atoms in total. The summed E-state index contributed by atoms with van der Waals surface area (Å²) in [5.74, 6) is -0.231. The van der Waals surface area contributed by atoms with Crippen LogP contribution >= 0.6 is 0 Å². The van der Waals surface area contributed by atoms with Crippen molar-refractivity contribution in [2.75, 3.05) is 31.6 Å². The maximum atomic E-state index is 13.8. The van der Waals surface area contributed by atoms with E-state index in [-0.39, 0.29) is 24.2 Å². The molecule has 0 aliphatic carbocycles. The minimum atomic E-state index is -0.774. The van der Waals surface area contributed by atoms with Gasteiger partial charge >= 0.3 is 0 Å². The lowest BCUT2D eigenvalue weighted by molar-refractivity contribution is -0.910. The van der Waals surface area contributed by atoms with Crippen LogP contribution in [0.5, 0.6) is 11.5 Å². The zero-order chi connectivity index (χ0) is 19.5. The van der Waals surface area contributed by atoms with Gasteiger partial charge in [-0.15, -0.1) is 0 Å². The molecule has 1 unspecified atom stereocenters. The monoisotopic (exact) mass is 389 g/mol. The van der Waals surface area contributed by atoms with Crippen LogP contribution in [0.3, 0.4) is 0 Å². The summed E-state index contributed by atoms with van der Waals surface area (Å²) in [6, 6.07) is 9.26. The summed E-state index contributed by atoms with van der Waals surface area (Å²) in [4.78, 5) is 13.5. The molecule has 1 saturated heterocycles. The third-order valence-electron chi connectivity index (χ3n) is 5.25. The van der Waals surface area contributed by atoms with Gasteiger partial charge in [-0.3, -0.25) is 4.79 Å². The Balaban J connectivity index is 1.45. The van der Waals surface area contributed by atoms with Crippen LogP contribution in [0.2, 0.25) is 0 Å². The Hall–Kier alpha value is -2.67. The highest BCUT2D eigenvalue weighted by atomic mass is 19.1. The van der Waals surface area contributed by atoms with Crippen LogP contribution < -0.4 is 19.7 Å². The Morgan fingerprint density at radius 1 is 1.07 bits per heavy atom. The molecule has 7 heteroatoms. The van der Waals surface area contributed by atoms with E-state index in [1.54, 1.807) is 0 Å². The summed E-state index contributed by atoms with van der Waals surface area (Å²) in [6.07, 6.45) is 2.82. The number of nitrogens with one attached hydrogen (secondary N) is 2. The highest BCUT2D eigenvalue weighted by Gasteiger charge is 2.32. The molecule has 28 heavy (non-hydrogen) atoms. The molecule has 1 amide bonds. The van der Waals surface area contributed by atoms with Gasteiger partial charge in [0, 0.05) is 30.9 Å². The van der Waals surface area contributed by atoms with E-state index in [9.17, 15) is 13.6 Å². The minimum Gasteiger partial charge on any atom is -0.490 e. The number of carbonyl (C=O) groups is 1. The highest BCUT2D eigenvalue weighted by molar-refractivity contribution is 5.91. The number of ether oxygens (including phenoxy) is 2. The molecule has 2 aliphatic rings. The molecule has 4 rings (SSSR count). The molecular formula is C21H23F2N2O3+. The minimum absolute atomic E-state index is 0.00266. The zero-order valence-electron chi connectivity index (χ0n) is 15.5. The number of rotatable bonds is 4. The Morgan fingerprint density at radius 3 is 2.71 bits per heavy atom. The van der Waals surface area contributed by atoms with Crippen LogP contribution in [0.4, 0.5) is 14.5 Å². The second kappa shape index (κ2) is 8.14. The molecule has 2 aliphatic heterocycles. The number of likely N-dealkylation sites (tertiary alicyclic amines) is 1. The van der Waals surface area contributed by atoms with E-state index in [2.05, 4.69) is 5.32 Å². The van der Waals surface area contributed by atoms with Crippen molar-refractivity contribution < 1.29 is 27.9 Å². The Bertz CT molecular complexity index is 875. The van der Waals surface area contributed by atoms with Crippen molar-refractivity contribution in [2.45, 2.75) is 25.3 Å². The normalized spacial score (nSPS) is 21.2. The lowest BCUT2D eigenvalue weighted by Crippen LogP contribution is -3.11. The number of fused-ring (bicyclic) bond motifs is 1. The van der Waals surface area contributed by atoms with E-state index >= 15 is 0 Å². The van der Waals surface area contributed by atoms with Crippen molar-refractivity contribution in [3.05, 3.63) is 53.6 Å². The van der Waals surface area contributed by atoms with Crippen LogP contribution in [0, 0.1) is 11.6 Å². The first-order valence-corrected chi connectivity index (χ1v) is 9.59. The van der Waals surface area contributed by atoms with Gasteiger partial charge in [0.15, 0.2) is 18.0 Å². The molecule has 1 fully saturated rings. The third kappa shape index (κ3) is 4.09. The first-order chi connectivity index (χ1) is 13.6. The number of hydrogen-bond acceptors (Lipinski definition) is 3. The predicted octanol–water partition coefficient (Wildman–Crippen LogP) is 2.48. The summed E-state index contributed by atoms with van der Waals surface area (Å²) in [7, 11) is 0. The predicted molar refractivity (Wildman–Crippen MR) is 99.7 cm³/mol. The third-order valence-corrected chi connectivity index (χ3v) is 5.25. The van der Waals surface area contributed by atoms with E-state index in [0.717, 1.165) is 59.9 Å². The van der Waals surface area contributed by atoms with Crippen LogP contribution in [0.1, 0.15) is 30.9 Å². The number of halogens is 2. The molecular weight excluding hydrogens is 366 g/mol. The van der Waals surface area contributed by atoms with Crippen LogP contribution in [0.15, 0.2) is 36.4 Å². The largest absolute Gasteiger partial charge is 0.490 e. The Labute approximate surface area is 162 Å². The molecule has 148 valence electrons. The smallest absolute Gasteiger partial charge is 0.279 e. The van der Waals surface area contributed by atoms with Crippen molar-refractivity contribution in [3.63, 3.8) is 0 Å². The molecule has 2 atom stereocenters. The summed E-state index contributed by atoms with van der Waals surface area (Å²) in [6.45, 7) is 2.35. The first kappa shape index (κ1) is 18.7. The lowest BCUT2D eigenvalue weighted by Gasteiger charge is -2.22. The molecule has 0 aromatic heterocycles. The fourth-order valence-corrected chi connectivity index (χ4v) is 3.91.